The number of H-pyrrole nitrogens is 1. The number of pyridine rings is 1. The number of nitrogens with one attached hydrogen (secondary N) is 3. The SMILES string of the molecule is Cl.Cl.Cl.NC(=NCCNc1ccccn1)NCCCc1c[nH]cn1. The van der Waals surface area contributed by atoms with Crippen LogP contribution in [0.25, 0.3) is 0 Å². The van der Waals surface area contributed by atoms with Crippen molar-refractivity contribution in [3.63, 3.8) is 0 Å². The summed E-state index contributed by atoms with van der Waals surface area (Å²) in [6, 6.07) is 5.74. The summed E-state index contributed by atoms with van der Waals surface area (Å²) < 4.78 is 0. The fraction of sp³-hybridized carbons (Fsp3) is 0.357. The molecule has 2 rings (SSSR count). The molecule has 0 bridgehead atoms. The minimum atomic E-state index is 0. The summed E-state index contributed by atoms with van der Waals surface area (Å²) >= 11 is 0. The Balaban J connectivity index is 0. The van der Waals surface area contributed by atoms with Gasteiger partial charge in [0.1, 0.15) is 5.82 Å². The minimum absolute atomic E-state index is 0. The molecule has 5 N–H and O–H groups in total. The predicted molar refractivity (Wildman–Crippen MR) is 106 cm³/mol. The molecule has 0 fully saturated rings. The number of halogens is 3. The highest BCUT2D eigenvalue weighted by molar-refractivity contribution is 5.86. The summed E-state index contributed by atoms with van der Waals surface area (Å²) in [6.45, 7) is 2.09. The zero-order valence-corrected chi connectivity index (χ0v) is 15.6. The van der Waals surface area contributed by atoms with Gasteiger partial charge < -0.3 is 21.4 Å². The maximum Gasteiger partial charge on any atom is 0.188 e. The van der Waals surface area contributed by atoms with E-state index >= 15 is 0 Å². The second-order valence-electron chi connectivity index (χ2n) is 4.50. The first-order valence-electron chi connectivity index (χ1n) is 7.01. The zero-order chi connectivity index (χ0) is 14.8. The fourth-order valence-electron chi connectivity index (χ4n) is 1.80. The van der Waals surface area contributed by atoms with Crippen molar-refractivity contribution in [2.45, 2.75) is 12.8 Å². The average molecular weight is 397 g/mol. The van der Waals surface area contributed by atoms with Crippen molar-refractivity contribution in [3.8, 4) is 0 Å². The van der Waals surface area contributed by atoms with E-state index in [1.54, 1.807) is 12.5 Å². The largest absolute Gasteiger partial charge is 0.370 e. The standard InChI is InChI=1S/C14H21N7.3ClH/c15-14(19-7-3-4-12-10-16-11-21-12)20-9-8-18-13-5-1-2-6-17-13;;;/h1-2,5-6,10-11H,3-4,7-9H2,(H,16,21)(H,17,18)(H3,15,19,20);3*1H. The van der Waals surface area contributed by atoms with Crippen LogP contribution in [0.2, 0.25) is 0 Å². The van der Waals surface area contributed by atoms with E-state index < -0.39 is 0 Å². The normalized spacial score (nSPS) is 9.92. The van der Waals surface area contributed by atoms with Crippen molar-refractivity contribution in [3.05, 3.63) is 42.6 Å². The van der Waals surface area contributed by atoms with Gasteiger partial charge in [0, 0.05) is 25.5 Å². The monoisotopic (exact) mass is 395 g/mol. The molecule has 0 amide bonds. The maximum atomic E-state index is 5.79. The first kappa shape index (κ1) is 24.6. The molecule has 0 unspecified atom stereocenters. The van der Waals surface area contributed by atoms with Crippen LogP contribution in [-0.2, 0) is 6.42 Å². The Morgan fingerprint density at radius 3 is 2.67 bits per heavy atom. The number of hydrogen-bond donors (Lipinski definition) is 4. The Morgan fingerprint density at radius 1 is 1.17 bits per heavy atom. The minimum Gasteiger partial charge on any atom is -0.370 e. The van der Waals surface area contributed by atoms with Crippen molar-refractivity contribution >= 4 is 49.0 Å². The average Bonchev–Trinajstić information content (AvgIpc) is 3.02. The van der Waals surface area contributed by atoms with Crippen molar-refractivity contribution in [1.82, 2.24) is 20.3 Å². The van der Waals surface area contributed by atoms with Gasteiger partial charge in [-0.15, -0.1) is 37.2 Å². The van der Waals surface area contributed by atoms with Gasteiger partial charge in [-0.05, 0) is 25.0 Å². The molecular weight excluding hydrogens is 373 g/mol. The van der Waals surface area contributed by atoms with Gasteiger partial charge in [0.05, 0.1) is 18.6 Å². The third-order valence-electron chi connectivity index (χ3n) is 2.84. The van der Waals surface area contributed by atoms with E-state index in [0.29, 0.717) is 19.0 Å². The van der Waals surface area contributed by atoms with Crippen LogP contribution in [0.3, 0.4) is 0 Å². The van der Waals surface area contributed by atoms with Gasteiger partial charge in [0.2, 0.25) is 0 Å². The summed E-state index contributed by atoms with van der Waals surface area (Å²) in [5.41, 5.74) is 6.85. The van der Waals surface area contributed by atoms with Crippen LogP contribution in [0, 0.1) is 0 Å². The topological polar surface area (TPSA) is 104 Å². The molecule has 136 valence electrons. The van der Waals surface area contributed by atoms with E-state index in [9.17, 15) is 0 Å². The van der Waals surface area contributed by atoms with Crippen molar-refractivity contribution < 1.29 is 0 Å². The van der Waals surface area contributed by atoms with Crippen molar-refractivity contribution in [1.29, 1.82) is 0 Å². The lowest BCUT2D eigenvalue weighted by molar-refractivity contribution is 0.755. The third-order valence-corrected chi connectivity index (χ3v) is 2.84. The number of guanidine groups is 1. The summed E-state index contributed by atoms with van der Waals surface area (Å²) in [4.78, 5) is 15.5. The van der Waals surface area contributed by atoms with E-state index in [1.165, 1.54) is 0 Å². The fourth-order valence-corrected chi connectivity index (χ4v) is 1.80. The van der Waals surface area contributed by atoms with Crippen LogP contribution < -0.4 is 16.4 Å². The molecule has 24 heavy (non-hydrogen) atoms. The van der Waals surface area contributed by atoms with E-state index in [-0.39, 0.29) is 37.2 Å². The van der Waals surface area contributed by atoms with Crippen molar-refractivity contribution in [2.75, 3.05) is 25.0 Å². The Morgan fingerprint density at radius 2 is 2.00 bits per heavy atom. The molecule has 0 atom stereocenters. The Hall–Kier alpha value is -1.70. The smallest absolute Gasteiger partial charge is 0.188 e. The van der Waals surface area contributed by atoms with Crippen LogP contribution in [0.4, 0.5) is 5.82 Å². The number of aromatic nitrogens is 3. The number of aromatic amines is 1. The van der Waals surface area contributed by atoms with Gasteiger partial charge in [-0.1, -0.05) is 6.07 Å². The lowest BCUT2D eigenvalue weighted by atomic mass is 10.2. The number of rotatable bonds is 8. The number of hydrogen-bond acceptors (Lipinski definition) is 4. The van der Waals surface area contributed by atoms with Crippen LogP contribution >= 0.6 is 37.2 Å². The highest BCUT2D eigenvalue weighted by Gasteiger charge is 1.96. The number of aryl methyl sites for hydroxylation is 1. The number of nitrogens with zero attached hydrogens (tertiary/aromatic N) is 3. The molecule has 0 aromatic carbocycles. The van der Waals surface area contributed by atoms with E-state index in [1.807, 2.05) is 24.4 Å². The molecule has 2 heterocycles. The van der Waals surface area contributed by atoms with Crippen LogP contribution in [0.5, 0.6) is 0 Å². The maximum absolute atomic E-state index is 5.79. The van der Waals surface area contributed by atoms with Gasteiger partial charge in [-0.3, -0.25) is 4.99 Å². The summed E-state index contributed by atoms with van der Waals surface area (Å²) in [6.07, 6.45) is 7.23. The zero-order valence-electron chi connectivity index (χ0n) is 13.1. The molecule has 2 aromatic rings. The molecule has 0 radical (unpaired) electrons. The van der Waals surface area contributed by atoms with E-state index in [4.69, 9.17) is 5.73 Å². The second-order valence-corrected chi connectivity index (χ2v) is 4.50. The number of imidazole rings is 1. The van der Waals surface area contributed by atoms with Gasteiger partial charge >= 0.3 is 0 Å². The molecule has 7 nitrogen and oxygen atoms in total. The van der Waals surface area contributed by atoms with Gasteiger partial charge in [-0.25, -0.2) is 9.97 Å². The summed E-state index contributed by atoms with van der Waals surface area (Å²) in [5.74, 6) is 1.32. The lowest BCUT2D eigenvalue weighted by Gasteiger charge is -2.06. The quantitative estimate of drug-likeness (QED) is 0.310. The third kappa shape index (κ3) is 10.1. The molecule has 0 aliphatic rings. The summed E-state index contributed by atoms with van der Waals surface area (Å²) in [5, 5.41) is 6.26. The van der Waals surface area contributed by atoms with E-state index in [0.717, 1.165) is 30.9 Å². The van der Waals surface area contributed by atoms with Gasteiger partial charge in [-0.2, -0.15) is 0 Å². The molecule has 0 saturated heterocycles. The van der Waals surface area contributed by atoms with Gasteiger partial charge in [0.25, 0.3) is 0 Å². The molecule has 0 aliphatic carbocycles. The molecule has 10 heteroatoms. The number of anilines is 1. The highest BCUT2D eigenvalue weighted by Crippen LogP contribution is 1.98. The molecular formula is C14H24Cl3N7. The van der Waals surface area contributed by atoms with E-state index in [2.05, 4.69) is 30.6 Å². The lowest BCUT2D eigenvalue weighted by Crippen LogP contribution is -2.33. The summed E-state index contributed by atoms with van der Waals surface area (Å²) in [7, 11) is 0. The van der Waals surface area contributed by atoms with Crippen LogP contribution in [-0.4, -0.2) is 40.5 Å². The first-order chi connectivity index (χ1) is 10.3. The molecule has 0 saturated carbocycles. The second kappa shape index (κ2) is 14.9. The number of nitrogens with two attached hydrogens (primary N) is 1. The van der Waals surface area contributed by atoms with Gasteiger partial charge in [0.15, 0.2) is 5.96 Å². The Bertz CT molecular complexity index is 535. The Labute approximate surface area is 160 Å². The number of aliphatic imine (C=N–C) groups is 1. The molecule has 0 spiro atoms. The van der Waals surface area contributed by atoms with Crippen LogP contribution in [0.15, 0.2) is 41.9 Å². The molecule has 0 aliphatic heterocycles. The Kier molecular flexibility index (Phi) is 15.2. The van der Waals surface area contributed by atoms with Crippen molar-refractivity contribution in [2.24, 2.45) is 10.7 Å². The first-order valence-corrected chi connectivity index (χ1v) is 7.01. The molecule has 2 aromatic heterocycles. The van der Waals surface area contributed by atoms with Crippen LogP contribution in [0.1, 0.15) is 12.1 Å². The highest BCUT2D eigenvalue weighted by atomic mass is 35.5. The predicted octanol–water partition coefficient (Wildman–Crippen LogP) is 2.02.